The first-order valence-corrected chi connectivity index (χ1v) is 12.5. The van der Waals surface area contributed by atoms with Gasteiger partial charge in [-0.2, -0.15) is 0 Å². The van der Waals surface area contributed by atoms with Crippen molar-refractivity contribution in [3.05, 3.63) is 88.1 Å². The lowest BCUT2D eigenvalue weighted by Crippen LogP contribution is -2.44. The third kappa shape index (κ3) is 7.75. The summed E-state index contributed by atoms with van der Waals surface area (Å²) in [6.45, 7) is 5.83. The van der Waals surface area contributed by atoms with E-state index in [2.05, 4.69) is 19.2 Å². The van der Waals surface area contributed by atoms with Gasteiger partial charge in [0.05, 0.1) is 6.54 Å². The third-order valence-corrected chi connectivity index (χ3v) is 6.37. The van der Waals surface area contributed by atoms with E-state index in [-0.39, 0.29) is 18.5 Å². The van der Waals surface area contributed by atoms with Gasteiger partial charge in [-0.1, -0.05) is 68.8 Å². The number of hydrogen-bond donors (Lipinski definition) is 1. The molecule has 1 aromatic heterocycles. The number of amides is 3. The molecule has 1 N–H and O–H groups in total. The maximum absolute atomic E-state index is 13.4. The lowest BCUT2D eigenvalue weighted by Gasteiger charge is -2.28. The zero-order valence-electron chi connectivity index (χ0n) is 19.5. The number of benzene rings is 2. The molecule has 33 heavy (non-hydrogen) atoms. The van der Waals surface area contributed by atoms with Crippen LogP contribution >= 0.6 is 11.3 Å². The number of rotatable bonds is 11. The first kappa shape index (κ1) is 24.5. The van der Waals surface area contributed by atoms with Crippen LogP contribution in [0, 0.1) is 0 Å². The second-order valence-electron chi connectivity index (χ2n) is 8.07. The number of carbonyl (C=O) groups is 2. The molecular weight excluding hydrogens is 430 g/mol. The van der Waals surface area contributed by atoms with Gasteiger partial charge in [0.25, 0.3) is 0 Å². The molecule has 0 spiro atoms. The number of anilines is 1. The molecule has 5 nitrogen and oxygen atoms in total. The first-order valence-electron chi connectivity index (χ1n) is 11.6. The quantitative estimate of drug-likeness (QED) is 0.369. The summed E-state index contributed by atoms with van der Waals surface area (Å²) in [5.74, 6) is -0.0557. The predicted octanol–water partition coefficient (Wildman–Crippen LogP) is 6.17. The highest BCUT2D eigenvalue weighted by Crippen LogP contribution is 2.16. The van der Waals surface area contributed by atoms with Crippen LogP contribution in [0.25, 0.3) is 0 Å². The molecule has 3 aromatic rings. The molecule has 6 heteroatoms. The largest absolute Gasteiger partial charge is 0.332 e. The smallest absolute Gasteiger partial charge is 0.322 e. The standard InChI is InChI=1S/C27H33N3O2S/c1-3-5-17-29(27(32)28-24-15-13-22(4-2)14-16-24)21-26(31)30(20-25-12-9-18-33-25)19-23-10-7-6-8-11-23/h6-16,18H,3-5,17,19-21H2,1-2H3,(H,28,32). The summed E-state index contributed by atoms with van der Waals surface area (Å²) >= 11 is 1.64. The maximum Gasteiger partial charge on any atom is 0.322 e. The van der Waals surface area contributed by atoms with Crippen molar-refractivity contribution in [3.8, 4) is 0 Å². The van der Waals surface area contributed by atoms with E-state index < -0.39 is 0 Å². The fourth-order valence-electron chi connectivity index (χ4n) is 3.52. The Kier molecular flexibility index (Phi) is 9.51. The fraction of sp³-hybridized carbons (Fsp3) is 0.333. The summed E-state index contributed by atoms with van der Waals surface area (Å²) in [6, 6.07) is 21.6. The second-order valence-corrected chi connectivity index (χ2v) is 9.10. The highest BCUT2D eigenvalue weighted by atomic mass is 32.1. The molecule has 1 heterocycles. The van der Waals surface area contributed by atoms with E-state index in [1.165, 1.54) is 5.56 Å². The van der Waals surface area contributed by atoms with Crippen LogP contribution in [0.15, 0.2) is 72.1 Å². The maximum atomic E-state index is 13.4. The van der Waals surface area contributed by atoms with Gasteiger partial charge in [0.1, 0.15) is 6.54 Å². The van der Waals surface area contributed by atoms with E-state index in [1.807, 2.05) is 77.0 Å². The molecule has 0 saturated carbocycles. The number of hydrogen-bond acceptors (Lipinski definition) is 3. The minimum atomic E-state index is -0.239. The Morgan fingerprint density at radius 2 is 1.61 bits per heavy atom. The highest BCUT2D eigenvalue weighted by molar-refractivity contribution is 7.09. The first-order chi connectivity index (χ1) is 16.1. The molecule has 174 valence electrons. The Morgan fingerprint density at radius 3 is 2.24 bits per heavy atom. The monoisotopic (exact) mass is 463 g/mol. The fourth-order valence-corrected chi connectivity index (χ4v) is 4.24. The molecule has 0 atom stereocenters. The third-order valence-electron chi connectivity index (χ3n) is 5.50. The SMILES string of the molecule is CCCCN(CC(=O)N(Cc1ccccc1)Cc1cccs1)C(=O)Nc1ccc(CC)cc1. The van der Waals surface area contributed by atoms with E-state index in [0.717, 1.165) is 35.4 Å². The summed E-state index contributed by atoms with van der Waals surface area (Å²) in [4.78, 5) is 31.0. The number of thiophene rings is 1. The van der Waals surface area contributed by atoms with Gasteiger partial charge in [0, 0.05) is 23.7 Å². The van der Waals surface area contributed by atoms with Crippen LogP contribution in [-0.4, -0.2) is 34.8 Å². The number of carbonyl (C=O) groups excluding carboxylic acids is 2. The van der Waals surface area contributed by atoms with Crippen LogP contribution in [0.3, 0.4) is 0 Å². The van der Waals surface area contributed by atoms with Gasteiger partial charge in [-0.15, -0.1) is 11.3 Å². The van der Waals surface area contributed by atoms with E-state index in [4.69, 9.17) is 0 Å². The summed E-state index contributed by atoms with van der Waals surface area (Å²) < 4.78 is 0. The molecular formula is C27H33N3O2S. The van der Waals surface area contributed by atoms with Crippen LogP contribution in [0.5, 0.6) is 0 Å². The topological polar surface area (TPSA) is 52.7 Å². The van der Waals surface area contributed by atoms with E-state index in [0.29, 0.717) is 19.6 Å². The van der Waals surface area contributed by atoms with Gasteiger partial charge >= 0.3 is 6.03 Å². The summed E-state index contributed by atoms with van der Waals surface area (Å²) in [7, 11) is 0. The van der Waals surface area contributed by atoms with Gasteiger partial charge in [-0.25, -0.2) is 4.79 Å². The van der Waals surface area contributed by atoms with Gasteiger partial charge in [0.15, 0.2) is 0 Å². The van der Waals surface area contributed by atoms with Crippen molar-refractivity contribution in [1.29, 1.82) is 0 Å². The Morgan fingerprint density at radius 1 is 0.848 bits per heavy atom. The number of nitrogens with one attached hydrogen (secondary N) is 1. The van der Waals surface area contributed by atoms with Crippen molar-refractivity contribution in [3.63, 3.8) is 0 Å². The molecule has 0 saturated heterocycles. The minimum absolute atomic E-state index is 0.0527. The molecule has 0 bridgehead atoms. The average Bonchev–Trinajstić information content (AvgIpc) is 3.35. The summed E-state index contributed by atoms with van der Waals surface area (Å²) in [5, 5.41) is 4.98. The highest BCUT2D eigenvalue weighted by Gasteiger charge is 2.22. The predicted molar refractivity (Wildman–Crippen MR) is 136 cm³/mol. The number of aryl methyl sites for hydroxylation is 1. The molecule has 0 aliphatic carbocycles. The molecule has 2 aromatic carbocycles. The second kappa shape index (κ2) is 12.8. The van der Waals surface area contributed by atoms with E-state index in [9.17, 15) is 9.59 Å². The van der Waals surface area contributed by atoms with Crippen molar-refractivity contribution < 1.29 is 9.59 Å². The van der Waals surface area contributed by atoms with Gasteiger partial charge in [-0.3, -0.25) is 4.79 Å². The van der Waals surface area contributed by atoms with Crippen molar-refractivity contribution in [1.82, 2.24) is 9.80 Å². The van der Waals surface area contributed by atoms with Crippen LogP contribution in [0.1, 0.15) is 42.7 Å². The molecule has 3 amide bonds. The van der Waals surface area contributed by atoms with Crippen LogP contribution in [0.2, 0.25) is 0 Å². The number of nitrogens with zero attached hydrogens (tertiary/aromatic N) is 2. The molecule has 0 aliphatic rings. The zero-order valence-corrected chi connectivity index (χ0v) is 20.3. The Labute approximate surface area is 201 Å². The summed E-state index contributed by atoms with van der Waals surface area (Å²) in [5.41, 5.74) is 3.03. The molecule has 0 fully saturated rings. The van der Waals surface area contributed by atoms with Crippen molar-refractivity contribution in [2.75, 3.05) is 18.4 Å². The van der Waals surface area contributed by atoms with Crippen LogP contribution in [0.4, 0.5) is 10.5 Å². The molecule has 3 rings (SSSR count). The lowest BCUT2D eigenvalue weighted by molar-refractivity contribution is -0.133. The molecule has 0 unspecified atom stereocenters. The van der Waals surface area contributed by atoms with E-state index >= 15 is 0 Å². The normalized spacial score (nSPS) is 10.6. The Bertz CT molecular complexity index is 988. The minimum Gasteiger partial charge on any atom is -0.332 e. The molecule has 0 aliphatic heterocycles. The number of unbranched alkanes of at least 4 members (excludes halogenated alkanes) is 1. The van der Waals surface area contributed by atoms with Crippen LogP contribution < -0.4 is 5.32 Å². The molecule has 0 radical (unpaired) electrons. The number of urea groups is 1. The average molecular weight is 464 g/mol. The van der Waals surface area contributed by atoms with Crippen molar-refractivity contribution in [2.24, 2.45) is 0 Å². The van der Waals surface area contributed by atoms with Crippen molar-refractivity contribution >= 4 is 29.0 Å². The van der Waals surface area contributed by atoms with Gasteiger partial charge in [0.2, 0.25) is 5.91 Å². The van der Waals surface area contributed by atoms with Crippen molar-refractivity contribution in [2.45, 2.75) is 46.2 Å². The lowest BCUT2D eigenvalue weighted by atomic mass is 10.1. The van der Waals surface area contributed by atoms with E-state index in [1.54, 1.807) is 16.2 Å². The van der Waals surface area contributed by atoms with Gasteiger partial charge < -0.3 is 15.1 Å². The zero-order chi connectivity index (χ0) is 23.5. The van der Waals surface area contributed by atoms with Crippen LogP contribution in [-0.2, 0) is 24.3 Å². The van der Waals surface area contributed by atoms with Gasteiger partial charge in [-0.05, 0) is 47.5 Å². The Hall–Kier alpha value is -3.12. The summed E-state index contributed by atoms with van der Waals surface area (Å²) in [6.07, 6.45) is 2.75. The Balaban J connectivity index is 1.71.